The van der Waals surface area contributed by atoms with Crippen LogP contribution in [0, 0.1) is 0 Å². The molecule has 0 aliphatic carbocycles. The van der Waals surface area contributed by atoms with E-state index < -0.39 is 40.7 Å². The summed E-state index contributed by atoms with van der Waals surface area (Å²) in [6.45, 7) is 0.276. The Morgan fingerprint density at radius 2 is 1.91 bits per heavy atom. The van der Waals surface area contributed by atoms with Gasteiger partial charge in [-0.1, -0.05) is 33.2 Å². The minimum atomic E-state index is -0.988. The van der Waals surface area contributed by atoms with Gasteiger partial charge in [-0.2, -0.15) is 0 Å². The van der Waals surface area contributed by atoms with Gasteiger partial charge >= 0.3 is 5.97 Å². The molecule has 0 spiro atoms. The van der Waals surface area contributed by atoms with Gasteiger partial charge in [-0.15, -0.1) is 11.8 Å². The quantitative estimate of drug-likeness (QED) is 0.0470. The number of carbonyl (C=O) groups excluding carboxylic acids is 4. The second kappa shape index (κ2) is 15.2. The Bertz CT molecular complexity index is 1620. The van der Waals surface area contributed by atoms with Crippen LogP contribution in [-0.2, 0) is 41.9 Å². The number of pyridine rings is 1. The molecule has 1 N–H and O–H groups in total. The maximum absolute atomic E-state index is 13.6. The zero-order valence-electron chi connectivity index (χ0n) is 24.0. The fourth-order valence-electron chi connectivity index (χ4n) is 4.62. The first-order chi connectivity index (χ1) is 21.3. The summed E-state index contributed by atoms with van der Waals surface area (Å²) in [6, 6.07) is 9.80. The van der Waals surface area contributed by atoms with E-state index >= 15 is 0 Å². The van der Waals surface area contributed by atoms with Crippen molar-refractivity contribution >= 4 is 57.0 Å². The van der Waals surface area contributed by atoms with Crippen LogP contribution < -0.4 is 27.0 Å². The Hall–Kier alpha value is -4.21. The molecular weight excluding hydrogens is 694 g/mol. The number of hydrogen-bond donors (Lipinski definition) is 1. The molecule has 13 nitrogen and oxygen atoms in total. The summed E-state index contributed by atoms with van der Waals surface area (Å²) in [7, 11) is 2.77. The number of alkyl halides is 1. The number of aromatic nitrogens is 2. The number of rotatable bonds is 12. The van der Waals surface area contributed by atoms with Crippen molar-refractivity contribution in [3.05, 3.63) is 78.2 Å². The van der Waals surface area contributed by atoms with Crippen molar-refractivity contribution in [2.75, 3.05) is 25.3 Å². The molecule has 236 valence electrons. The van der Waals surface area contributed by atoms with Crippen LogP contribution in [0.1, 0.15) is 5.56 Å². The standard InChI is InChI=1S/C29H26BrN5O8S.ClH/c1-40-20-5-3-17(4-6-20)14-42-29(39)25-19(13-34-9-7-18(8-10-34)22-12-31-16-43-22)15-44-28-24(27(38)35(25)28)32-26(37)23(33-41-2)21(36)11-30;/h3-10,12,16,24,28H,11,13-15H2,1-2H3;1H/t24-,28-;/m1./s1. The Morgan fingerprint density at radius 3 is 2.53 bits per heavy atom. The summed E-state index contributed by atoms with van der Waals surface area (Å²) >= 11 is 4.39. The average Bonchev–Trinajstić information content (AvgIpc) is 3.60. The number of nitrogens with one attached hydrogen (secondary N) is 1. The van der Waals surface area contributed by atoms with Crippen molar-refractivity contribution in [2.45, 2.75) is 24.6 Å². The van der Waals surface area contributed by atoms with Crippen molar-refractivity contribution in [2.24, 2.45) is 5.16 Å². The van der Waals surface area contributed by atoms with Gasteiger partial charge in [-0.05, 0) is 17.7 Å². The Kier molecular flexibility index (Phi) is 11.4. The highest BCUT2D eigenvalue weighted by Gasteiger charge is 2.55. The van der Waals surface area contributed by atoms with Crippen LogP contribution in [0.3, 0.4) is 0 Å². The van der Waals surface area contributed by atoms with Crippen molar-refractivity contribution in [1.82, 2.24) is 15.2 Å². The summed E-state index contributed by atoms with van der Waals surface area (Å²) < 4.78 is 18.1. The normalized spacial score (nSPS) is 17.4. The number of ether oxygens (including phenoxy) is 2. The fourth-order valence-corrected chi connectivity index (χ4v) is 6.22. The van der Waals surface area contributed by atoms with Crippen LogP contribution >= 0.6 is 27.7 Å². The third-order valence-corrected chi connectivity index (χ3v) is 8.67. The number of oxazole rings is 1. The van der Waals surface area contributed by atoms with E-state index in [1.165, 1.54) is 30.2 Å². The molecule has 3 aromatic rings. The number of ketones is 1. The van der Waals surface area contributed by atoms with Crippen molar-refractivity contribution in [3.63, 3.8) is 0 Å². The molecule has 2 aliphatic heterocycles. The second-order valence-electron chi connectivity index (χ2n) is 9.54. The number of methoxy groups -OCH3 is 1. The highest BCUT2D eigenvalue weighted by molar-refractivity contribution is 9.09. The molecule has 0 unspecified atom stereocenters. The maximum atomic E-state index is 13.6. The van der Waals surface area contributed by atoms with Crippen molar-refractivity contribution in [3.8, 4) is 17.1 Å². The monoisotopic (exact) mass is 719 g/mol. The molecule has 45 heavy (non-hydrogen) atoms. The number of Topliss-reactive ketones (excluding diaryl/α,β-unsaturated/α-hetero) is 1. The van der Waals surface area contributed by atoms with Gasteiger partial charge in [0.1, 0.15) is 36.6 Å². The molecule has 4 heterocycles. The number of halogens is 2. The molecule has 1 aromatic carbocycles. The lowest BCUT2D eigenvalue weighted by molar-refractivity contribution is -0.689. The molecular formula is C29H27BrClN5O8S. The lowest BCUT2D eigenvalue weighted by atomic mass is 10.0. The minimum absolute atomic E-state index is 0. The van der Waals surface area contributed by atoms with Gasteiger partial charge in [-0.25, -0.2) is 14.3 Å². The smallest absolute Gasteiger partial charge is 0.355 e. The summed E-state index contributed by atoms with van der Waals surface area (Å²) in [6.07, 6.45) is 6.63. The highest BCUT2D eigenvalue weighted by Crippen LogP contribution is 2.41. The second-order valence-corrected chi connectivity index (χ2v) is 11.2. The minimum Gasteiger partial charge on any atom is -1.00 e. The number of β-lactam (4-membered cyclic amide) rings is 1. The first-order valence-corrected chi connectivity index (χ1v) is 15.4. The molecule has 16 heteroatoms. The molecule has 0 radical (unpaired) electrons. The lowest BCUT2D eigenvalue weighted by Gasteiger charge is -2.49. The third-order valence-electron chi connectivity index (χ3n) is 6.82. The summed E-state index contributed by atoms with van der Waals surface area (Å²) in [5.74, 6) is -0.988. The van der Waals surface area contributed by atoms with Gasteiger partial charge < -0.3 is 36.5 Å². The SMILES string of the molecule is CON=C(C(=O)CBr)C(=O)N[C@@H]1C(=O)N2C(C(=O)OCc3ccc(OC)cc3)=C(C[n+]3ccc(-c4cnco4)cc3)CS[C@H]12.[Cl-]. The number of oxime groups is 1. The molecule has 0 bridgehead atoms. The van der Waals surface area contributed by atoms with E-state index in [-0.39, 0.29) is 30.0 Å². The fraction of sp³-hybridized carbons (Fsp3) is 0.276. The van der Waals surface area contributed by atoms with Gasteiger partial charge in [0.15, 0.2) is 31.1 Å². The van der Waals surface area contributed by atoms with E-state index in [1.54, 1.807) is 37.6 Å². The maximum Gasteiger partial charge on any atom is 0.355 e. The van der Waals surface area contributed by atoms with Gasteiger partial charge in [0.05, 0.1) is 18.6 Å². The largest absolute Gasteiger partial charge is 1.00 e. The number of thioether (sulfide) groups is 1. The van der Waals surface area contributed by atoms with Gasteiger partial charge in [0, 0.05) is 29.0 Å². The Balaban J connectivity index is 0.00000461. The van der Waals surface area contributed by atoms with Gasteiger partial charge in [0.25, 0.3) is 11.8 Å². The number of hydrogen-bond acceptors (Lipinski definition) is 11. The van der Waals surface area contributed by atoms with E-state index in [4.69, 9.17) is 13.9 Å². The van der Waals surface area contributed by atoms with Crippen LogP contribution in [-0.4, -0.2) is 75.9 Å². The molecule has 1 fully saturated rings. The molecule has 0 saturated carbocycles. The number of esters is 1. The number of carbonyl (C=O) groups is 4. The van der Waals surface area contributed by atoms with Crippen molar-refractivity contribution in [1.29, 1.82) is 0 Å². The predicted octanol–water partition coefficient (Wildman–Crippen LogP) is -0.994. The number of benzene rings is 1. The van der Waals surface area contributed by atoms with Gasteiger partial charge in [0.2, 0.25) is 11.5 Å². The van der Waals surface area contributed by atoms with Gasteiger partial charge in [-0.3, -0.25) is 19.3 Å². The highest BCUT2D eigenvalue weighted by atomic mass is 79.9. The van der Waals surface area contributed by atoms with E-state index in [9.17, 15) is 19.2 Å². The third kappa shape index (κ3) is 7.37. The average molecular weight is 721 g/mol. The molecule has 2 aromatic heterocycles. The first kappa shape index (κ1) is 33.7. The number of nitrogens with zero attached hydrogens (tertiary/aromatic N) is 4. The molecule has 2 aliphatic rings. The molecule has 1 saturated heterocycles. The van der Waals surface area contributed by atoms with Crippen LogP contribution in [0.5, 0.6) is 5.75 Å². The van der Waals surface area contributed by atoms with E-state index in [1.807, 2.05) is 29.1 Å². The van der Waals surface area contributed by atoms with E-state index in [0.29, 0.717) is 29.4 Å². The van der Waals surface area contributed by atoms with E-state index in [0.717, 1.165) is 11.1 Å². The summed E-state index contributed by atoms with van der Waals surface area (Å²) in [5, 5.41) is 5.33. The predicted molar refractivity (Wildman–Crippen MR) is 160 cm³/mol. The van der Waals surface area contributed by atoms with E-state index in [2.05, 4.69) is 36.2 Å². The molecule has 2 amide bonds. The van der Waals surface area contributed by atoms with Crippen LogP contribution in [0.15, 0.2) is 82.2 Å². The number of fused-ring (bicyclic) bond motifs is 1. The van der Waals surface area contributed by atoms with Crippen LogP contribution in [0.4, 0.5) is 0 Å². The molecule has 2 atom stereocenters. The van der Waals surface area contributed by atoms with Crippen LogP contribution in [0.25, 0.3) is 11.3 Å². The Morgan fingerprint density at radius 1 is 1.18 bits per heavy atom. The summed E-state index contributed by atoms with van der Waals surface area (Å²) in [5.41, 5.74) is 1.87. The zero-order valence-corrected chi connectivity index (χ0v) is 27.1. The number of amides is 2. The van der Waals surface area contributed by atoms with Crippen molar-refractivity contribution < 1.29 is 54.9 Å². The Labute approximate surface area is 276 Å². The topological polar surface area (TPSA) is 154 Å². The zero-order chi connectivity index (χ0) is 31.2. The molecule has 5 rings (SSSR count). The summed E-state index contributed by atoms with van der Waals surface area (Å²) in [4.78, 5) is 61.9. The lowest BCUT2D eigenvalue weighted by Crippen LogP contribution is -3.00. The van der Waals surface area contributed by atoms with Crippen LogP contribution in [0.2, 0.25) is 0 Å². The first-order valence-electron chi connectivity index (χ1n) is 13.2.